The lowest BCUT2D eigenvalue weighted by Crippen LogP contribution is -2.58. The summed E-state index contributed by atoms with van der Waals surface area (Å²) in [5.41, 5.74) is 3.60. The highest BCUT2D eigenvalue weighted by molar-refractivity contribution is 7.23. The zero-order valence-corrected chi connectivity index (χ0v) is 24.1. The van der Waals surface area contributed by atoms with E-state index in [9.17, 15) is 28.8 Å². The molecule has 2 aromatic heterocycles. The molecule has 12 nitrogen and oxygen atoms in total. The second-order valence-corrected chi connectivity index (χ2v) is 12.2. The molecule has 2 fully saturated rings. The molecule has 224 valence electrons. The van der Waals surface area contributed by atoms with E-state index >= 15 is 4.39 Å². The summed E-state index contributed by atoms with van der Waals surface area (Å²) in [4.78, 5) is 55.5. The number of benzene rings is 2. The Morgan fingerprint density at radius 3 is 2.77 bits per heavy atom. The number of halogens is 3. The number of rotatable bonds is 1. The molecule has 3 aliphatic heterocycles. The van der Waals surface area contributed by atoms with E-state index in [2.05, 4.69) is 10.2 Å². The third-order valence-corrected chi connectivity index (χ3v) is 10.0. The minimum atomic E-state index is -1.12. The second kappa shape index (κ2) is 9.86. The lowest BCUT2D eigenvalue weighted by molar-refractivity contribution is -0.126. The zero-order valence-electron chi connectivity index (χ0n) is 22.5. The van der Waals surface area contributed by atoms with Gasteiger partial charge in [0.15, 0.2) is 5.75 Å². The fourth-order valence-electron chi connectivity index (χ4n) is 6.82. The van der Waals surface area contributed by atoms with Crippen LogP contribution < -0.4 is 16.2 Å². The molecule has 1 spiro atoms. The molecule has 5 heterocycles. The van der Waals surface area contributed by atoms with Crippen molar-refractivity contribution in [2.75, 3.05) is 18.9 Å². The number of fused-ring (bicyclic) bond motifs is 4. The normalized spacial score (nSPS) is 21.3. The largest absolute Gasteiger partial charge is 0.491 e. The summed E-state index contributed by atoms with van der Waals surface area (Å²) in [7, 11) is 0. The number of imide groups is 1. The standard InChI is InChI=1S/C28H20ClF2N7O5S/c29-21-20(12-2-3-15(30)23-19(12)14(10-32)24(33)44-23)16(31)8-13-22(21)43-7-4-17-28(9-18(39)38(17)25(13)40)5-1-6-37(28)27(42)36-11-34-35-26(36)41/h2-3,8,11,17H,1,4-7,9,33H2,(H,35,41). The summed E-state index contributed by atoms with van der Waals surface area (Å²) in [5, 5.41) is 15.3. The number of carbonyl (C=O) groups is 3. The Kier molecular flexibility index (Phi) is 6.27. The summed E-state index contributed by atoms with van der Waals surface area (Å²) in [6, 6.07) is 3.70. The van der Waals surface area contributed by atoms with Crippen LogP contribution in [0.3, 0.4) is 0 Å². The van der Waals surface area contributed by atoms with Crippen LogP contribution in [0.5, 0.6) is 5.75 Å². The number of hydrogen-bond acceptors (Lipinski definition) is 9. The highest BCUT2D eigenvalue weighted by Crippen LogP contribution is 2.50. The summed E-state index contributed by atoms with van der Waals surface area (Å²) in [6.45, 7) is 0.177. The maximum atomic E-state index is 16.0. The van der Waals surface area contributed by atoms with Crippen LogP contribution in [0.4, 0.5) is 18.6 Å². The van der Waals surface area contributed by atoms with E-state index in [4.69, 9.17) is 22.1 Å². The molecule has 2 aromatic carbocycles. The quantitative estimate of drug-likeness (QED) is 0.296. The van der Waals surface area contributed by atoms with Crippen LogP contribution in [0.2, 0.25) is 5.02 Å². The summed E-state index contributed by atoms with van der Waals surface area (Å²) >= 11 is 7.56. The van der Waals surface area contributed by atoms with Crippen molar-refractivity contribution in [3.8, 4) is 22.9 Å². The summed E-state index contributed by atoms with van der Waals surface area (Å²) in [5.74, 6) is -3.23. The lowest BCUT2D eigenvalue weighted by atomic mass is 9.85. The number of ether oxygens (including phenoxy) is 1. The van der Waals surface area contributed by atoms with Crippen molar-refractivity contribution in [2.45, 2.75) is 37.3 Å². The maximum Gasteiger partial charge on any atom is 0.351 e. The van der Waals surface area contributed by atoms with Gasteiger partial charge in [0.05, 0.1) is 45.5 Å². The highest BCUT2D eigenvalue weighted by atomic mass is 35.5. The molecule has 7 rings (SSSR count). The summed E-state index contributed by atoms with van der Waals surface area (Å²) in [6.07, 6.45) is 1.89. The molecule has 4 aromatic rings. The molecule has 2 saturated heterocycles. The SMILES string of the molecule is N#Cc1c(N)sc2c(F)ccc(-c3c(F)cc4c(c3Cl)OCCC3N(C(=O)CC35CCCN5C(=O)n3cn[nH]c3=O)C4=O)c12. The number of amides is 3. The van der Waals surface area contributed by atoms with E-state index in [-0.39, 0.29) is 74.1 Å². The Labute approximate surface area is 255 Å². The van der Waals surface area contributed by atoms with Gasteiger partial charge < -0.3 is 15.4 Å². The molecule has 0 radical (unpaired) electrons. The van der Waals surface area contributed by atoms with Gasteiger partial charge in [0.25, 0.3) is 5.91 Å². The smallest absolute Gasteiger partial charge is 0.351 e. The zero-order chi connectivity index (χ0) is 31.1. The summed E-state index contributed by atoms with van der Waals surface area (Å²) < 4.78 is 37.5. The van der Waals surface area contributed by atoms with Crippen LogP contribution in [0.1, 0.15) is 41.6 Å². The van der Waals surface area contributed by atoms with Crippen LogP contribution in [0.15, 0.2) is 29.3 Å². The van der Waals surface area contributed by atoms with Gasteiger partial charge in [-0.25, -0.2) is 28.0 Å². The minimum absolute atomic E-state index is 0.0390. The van der Waals surface area contributed by atoms with E-state index in [0.29, 0.717) is 12.8 Å². The number of nitrogens with zero attached hydrogens (tertiary/aromatic N) is 5. The first-order valence-electron chi connectivity index (χ1n) is 13.4. The number of anilines is 1. The van der Waals surface area contributed by atoms with Gasteiger partial charge in [0.1, 0.15) is 29.0 Å². The Morgan fingerprint density at radius 2 is 2.05 bits per heavy atom. The number of H-pyrrole nitrogens is 1. The molecule has 3 N–H and O–H groups in total. The van der Waals surface area contributed by atoms with Crippen LogP contribution in [0.25, 0.3) is 21.2 Å². The van der Waals surface area contributed by atoms with Gasteiger partial charge >= 0.3 is 11.7 Å². The van der Waals surface area contributed by atoms with Crippen LogP contribution >= 0.6 is 22.9 Å². The second-order valence-electron chi connectivity index (χ2n) is 10.7. The maximum absolute atomic E-state index is 16.0. The molecule has 2 unspecified atom stereocenters. The number of nitriles is 1. The van der Waals surface area contributed by atoms with Gasteiger partial charge in [-0.15, -0.1) is 11.3 Å². The average Bonchev–Trinajstić information content (AvgIpc) is 3.74. The fourth-order valence-corrected chi connectivity index (χ4v) is 8.12. The van der Waals surface area contributed by atoms with Crippen LogP contribution in [-0.4, -0.2) is 67.1 Å². The Morgan fingerprint density at radius 1 is 1.25 bits per heavy atom. The average molecular weight is 640 g/mol. The van der Waals surface area contributed by atoms with Crippen molar-refractivity contribution in [2.24, 2.45) is 0 Å². The van der Waals surface area contributed by atoms with Gasteiger partial charge in [-0.2, -0.15) is 10.4 Å². The van der Waals surface area contributed by atoms with Crippen LogP contribution in [-0.2, 0) is 4.79 Å². The number of aromatic amines is 1. The Hall–Kier alpha value is -4.81. The molecule has 3 amide bonds. The monoisotopic (exact) mass is 639 g/mol. The molecule has 0 saturated carbocycles. The third kappa shape index (κ3) is 3.74. The number of nitrogens with one attached hydrogen (secondary N) is 1. The molecule has 0 bridgehead atoms. The first-order valence-corrected chi connectivity index (χ1v) is 14.6. The number of nitrogen functional groups attached to an aromatic ring is 1. The van der Waals surface area contributed by atoms with E-state index < -0.39 is 46.8 Å². The van der Waals surface area contributed by atoms with Crippen molar-refractivity contribution in [3.05, 3.63) is 62.8 Å². The van der Waals surface area contributed by atoms with Gasteiger partial charge in [0.2, 0.25) is 5.91 Å². The minimum Gasteiger partial charge on any atom is -0.491 e. The molecular formula is C28H20ClF2N7O5S. The lowest BCUT2D eigenvalue weighted by Gasteiger charge is -2.41. The first kappa shape index (κ1) is 28.0. The highest BCUT2D eigenvalue weighted by Gasteiger charge is 2.60. The number of nitrogens with two attached hydrogens (primary N) is 1. The van der Waals surface area contributed by atoms with Crippen molar-refractivity contribution in [1.29, 1.82) is 5.26 Å². The molecule has 16 heteroatoms. The predicted molar refractivity (Wildman–Crippen MR) is 153 cm³/mol. The number of likely N-dealkylation sites (tertiary alicyclic amines) is 1. The van der Waals surface area contributed by atoms with E-state index in [1.54, 1.807) is 0 Å². The topological polar surface area (TPSA) is 167 Å². The van der Waals surface area contributed by atoms with Gasteiger partial charge in [-0.05, 0) is 30.5 Å². The fraction of sp³-hybridized carbons (Fsp3) is 0.286. The van der Waals surface area contributed by atoms with Crippen molar-refractivity contribution >= 4 is 55.9 Å². The van der Waals surface area contributed by atoms with Crippen LogP contribution in [0, 0.1) is 23.0 Å². The third-order valence-electron chi connectivity index (χ3n) is 8.64. The molecule has 0 aliphatic carbocycles. The van der Waals surface area contributed by atoms with E-state index in [0.717, 1.165) is 39.3 Å². The molecule has 44 heavy (non-hydrogen) atoms. The number of thiophene rings is 1. The van der Waals surface area contributed by atoms with Gasteiger partial charge in [-0.3, -0.25) is 14.5 Å². The Balaban J connectivity index is 1.33. The van der Waals surface area contributed by atoms with Crippen molar-refractivity contribution in [1.82, 2.24) is 24.6 Å². The number of hydrogen-bond donors (Lipinski definition) is 2. The number of carbonyl (C=O) groups excluding carboxylic acids is 3. The molecule has 3 aliphatic rings. The number of aromatic nitrogens is 3. The Bertz CT molecular complexity index is 2050. The van der Waals surface area contributed by atoms with E-state index in [1.165, 1.54) is 11.0 Å². The van der Waals surface area contributed by atoms with Gasteiger partial charge in [0, 0.05) is 23.9 Å². The molecular weight excluding hydrogens is 620 g/mol. The van der Waals surface area contributed by atoms with Crippen molar-refractivity contribution in [3.63, 3.8) is 0 Å². The van der Waals surface area contributed by atoms with Crippen molar-refractivity contribution < 1.29 is 27.9 Å². The van der Waals surface area contributed by atoms with E-state index in [1.807, 2.05) is 6.07 Å². The first-order chi connectivity index (χ1) is 21.1. The van der Waals surface area contributed by atoms with Gasteiger partial charge in [-0.1, -0.05) is 17.7 Å². The predicted octanol–water partition coefficient (Wildman–Crippen LogP) is 3.87. The molecule has 2 atom stereocenters.